The van der Waals surface area contributed by atoms with Crippen molar-refractivity contribution in [2.24, 2.45) is 4.99 Å². The van der Waals surface area contributed by atoms with Crippen molar-refractivity contribution < 1.29 is 8.42 Å². The third-order valence-electron chi connectivity index (χ3n) is 4.24. The molecule has 0 radical (unpaired) electrons. The van der Waals surface area contributed by atoms with Crippen LogP contribution in [0.5, 0.6) is 0 Å². The standard InChI is InChI=1S/C21H29N3O2S.HI/c1-4-22-21(24-16-18(3)19-10-8-9-17(2)15-19)23-13-14-27(25,26)20-11-6-5-7-12-20;/h5-12,15,18H,4,13-14,16H2,1-3H3,(H2,22,23,24);1H. The molecule has 0 aliphatic rings. The predicted octanol–water partition coefficient (Wildman–Crippen LogP) is 3.75. The molecule has 5 nitrogen and oxygen atoms in total. The Morgan fingerprint density at radius 1 is 1.07 bits per heavy atom. The van der Waals surface area contributed by atoms with E-state index in [0.29, 0.717) is 23.9 Å². The van der Waals surface area contributed by atoms with E-state index < -0.39 is 9.84 Å². The summed E-state index contributed by atoms with van der Waals surface area (Å²) < 4.78 is 24.7. The SMILES string of the molecule is CCNC(=NCC(C)c1cccc(C)c1)NCCS(=O)(=O)c1ccccc1.I. The fraction of sp³-hybridized carbons (Fsp3) is 0.381. The zero-order valence-corrected chi connectivity index (χ0v) is 19.8. The molecule has 7 heteroatoms. The van der Waals surface area contributed by atoms with Crippen molar-refractivity contribution in [3.8, 4) is 0 Å². The highest BCUT2D eigenvalue weighted by Crippen LogP contribution is 2.16. The highest BCUT2D eigenvalue weighted by atomic mass is 127. The predicted molar refractivity (Wildman–Crippen MR) is 127 cm³/mol. The van der Waals surface area contributed by atoms with Crippen LogP contribution in [0.1, 0.15) is 30.9 Å². The summed E-state index contributed by atoms with van der Waals surface area (Å²) in [4.78, 5) is 4.96. The Hall–Kier alpha value is -1.61. The van der Waals surface area contributed by atoms with E-state index in [1.54, 1.807) is 24.3 Å². The first kappa shape index (κ1) is 24.4. The molecule has 0 fully saturated rings. The zero-order valence-electron chi connectivity index (χ0n) is 16.7. The molecular formula is C21H30IN3O2S. The van der Waals surface area contributed by atoms with Crippen LogP contribution in [-0.4, -0.2) is 39.8 Å². The van der Waals surface area contributed by atoms with E-state index in [-0.39, 0.29) is 35.6 Å². The molecule has 2 N–H and O–H groups in total. The van der Waals surface area contributed by atoms with Gasteiger partial charge in [0.1, 0.15) is 0 Å². The van der Waals surface area contributed by atoms with Crippen LogP contribution >= 0.6 is 24.0 Å². The van der Waals surface area contributed by atoms with Gasteiger partial charge in [0.05, 0.1) is 10.6 Å². The Morgan fingerprint density at radius 2 is 1.79 bits per heavy atom. The average molecular weight is 515 g/mol. The molecule has 2 aromatic carbocycles. The van der Waals surface area contributed by atoms with E-state index in [1.807, 2.05) is 13.0 Å². The smallest absolute Gasteiger partial charge is 0.191 e. The second kappa shape index (κ2) is 12.1. The first-order chi connectivity index (χ1) is 12.9. The molecule has 0 spiro atoms. The topological polar surface area (TPSA) is 70.6 Å². The lowest BCUT2D eigenvalue weighted by Crippen LogP contribution is -2.39. The second-order valence-corrected chi connectivity index (χ2v) is 8.70. The van der Waals surface area contributed by atoms with Crippen LogP contribution in [0, 0.1) is 6.92 Å². The molecule has 0 saturated carbocycles. The van der Waals surface area contributed by atoms with Crippen LogP contribution in [0.25, 0.3) is 0 Å². The molecule has 2 aromatic rings. The van der Waals surface area contributed by atoms with Gasteiger partial charge in [-0.25, -0.2) is 8.42 Å². The fourth-order valence-electron chi connectivity index (χ4n) is 2.70. The van der Waals surface area contributed by atoms with Gasteiger partial charge in [-0.15, -0.1) is 24.0 Å². The Kier molecular flexibility index (Phi) is 10.5. The number of aliphatic imine (C=N–C) groups is 1. The molecule has 28 heavy (non-hydrogen) atoms. The molecule has 0 aliphatic heterocycles. The van der Waals surface area contributed by atoms with Gasteiger partial charge in [-0.2, -0.15) is 0 Å². The quantitative estimate of drug-likeness (QED) is 0.319. The molecule has 0 aromatic heterocycles. The van der Waals surface area contributed by atoms with E-state index in [9.17, 15) is 8.42 Å². The molecule has 0 bridgehead atoms. The first-order valence-electron chi connectivity index (χ1n) is 9.29. The average Bonchev–Trinajstić information content (AvgIpc) is 2.66. The van der Waals surface area contributed by atoms with E-state index in [1.165, 1.54) is 11.1 Å². The van der Waals surface area contributed by atoms with Gasteiger partial charge >= 0.3 is 0 Å². The summed E-state index contributed by atoms with van der Waals surface area (Å²) in [5.41, 5.74) is 2.49. The number of nitrogens with zero attached hydrogens (tertiary/aromatic N) is 1. The largest absolute Gasteiger partial charge is 0.357 e. The molecule has 0 aliphatic carbocycles. The minimum atomic E-state index is -3.30. The van der Waals surface area contributed by atoms with Crippen LogP contribution in [-0.2, 0) is 9.84 Å². The number of sulfone groups is 1. The Labute approximate surface area is 186 Å². The van der Waals surface area contributed by atoms with Crippen molar-refractivity contribution in [2.45, 2.75) is 31.6 Å². The fourth-order valence-corrected chi connectivity index (χ4v) is 3.88. The second-order valence-electron chi connectivity index (χ2n) is 6.59. The monoisotopic (exact) mass is 515 g/mol. The van der Waals surface area contributed by atoms with Gasteiger partial charge in [-0.3, -0.25) is 4.99 Å². The minimum absolute atomic E-state index is 0. The van der Waals surface area contributed by atoms with E-state index in [0.717, 1.165) is 6.54 Å². The van der Waals surface area contributed by atoms with Crippen molar-refractivity contribution >= 4 is 39.8 Å². The molecule has 0 saturated heterocycles. The number of nitrogens with one attached hydrogen (secondary N) is 2. The molecule has 1 unspecified atom stereocenters. The summed E-state index contributed by atoms with van der Waals surface area (Å²) in [5.74, 6) is 0.947. The van der Waals surface area contributed by atoms with Crippen LogP contribution in [0.2, 0.25) is 0 Å². The van der Waals surface area contributed by atoms with Crippen molar-refractivity contribution in [1.82, 2.24) is 10.6 Å². The lowest BCUT2D eigenvalue weighted by atomic mass is 10.00. The third kappa shape index (κ3) is 7.79. The van der Waals surface area contributed by atoms with Crippen molar-refractivity contribution in [3.05, 3.63) is 65.7 Å². The summed E-state index contributed by atoms with van der Waals surface area (Å²) in [6.07, 6.45) is 0. The highest BCUT2D eigenvalue weighted by Gasteiger charge is 2.13. The molecule has 2 rings (SSSR count). The lowest BCUT2D eigenvalue weighted by Gasteiger charge is -2.14. The summed E-state index contributed by atoms with van der Waals surface area (Å²) in [6, 6.07) is 16.9. The highest BCUT2D eigenvalue weighted by molar-refractivity contribution is 14.0. The van der Waals surface area contributed by atoms with Gasteiger partial charge < -0.3 is 10.6 Å². The minimum Gasteiger partial charge on any atom is -0.357 e. The maximum atomic E-state index is 12.4. The van der Waals surface area contributed by atoms with Gasteiger partial charge in [-0.1, -0.05) is 55.0 Å². The molecule has 0 amide bonds. The van der Waals surface area contributed by atoms with Gasteiger partial charge in [0.2, 0.25) is 0 Å². The summed E-state index contributed by atoms with van der Waals surface area (Å²) in [7, 11) is -3.30. The third-order valence-corrected chi connectivity index (χ3v) is 5.98. The summed E-state index contributed by atoms with van der Waals surface area (Å²) >= 11 is 0. The van der Waals surface area contributed by atoms with Crippen molar-refractivity contribution in [2.75, 3.05) is 25.4 Å². The van der Waals surface area contributed by atoms with Crippen LogP contribution < -0.4 is 10.6 Å². The Balaban J connectivity index is 0.00000392. The normalized spacial score (nSPS) is 12.8. The number of benzene rings is 2. The number of halogens is 1. The maximum Gasteiger partial charge on any atom is 0.191 e. The van der Waals surface area contributed by atoms with E-state index in [4.69, 9.17) is 0 Å². The van der Waals surface area contributed by atoms with Crippen molar-refractivity contribution in [3.63, 3.8) is 0 Å². The van der Waals surface area contributed by atoms with E-state index in [2.05, 4.69) is 53.7 Å². The number of hydrogen-bond donors (Lipinski definition) is 2. The number of hydrogen-bond acceptors (Lipinski definition) is 3. The summed E-state index contributed by atoms with van der Waals surface area (Å²) in [6.45, 7) is 7.87. The Bertz CT molecular complexity index is 855. The molecule has 154 valence electrons. The van der Waals surface area contributed by atoms with Crippen LogP contribution in [0.15, 0.2) is 64.5 Å². The van der Waals surface area contributed by atoms with Gasteiger partial charge in [-0.05, 0) is 31.5 Å². The number of aryl methyl sites for hydroxylation is 1. The Morgan fingerprint density at radius 3 is 2.43 bits per heavy atom. The van der Waals surface area contributed by atoms with E-state index >= 15 is 0 Å². The number of rotatable bonds is 8. The van der Waals surface area contributed by atoms with Crippen molar-refractivity contribution in [1.29, 1.82) is 0 Å². The van der Waals surface area contributed by atoms with Gasteiger partial charge in [0.15, 0.2) is 15.8 Å². The molecule has 1 atom stereocenters. The summed E-state index contributed by atoms with van der Waals surface area (Å²) in [5, 5.41) is 6.30. The van der Waals surface area contributed by atoms with Gasteiger partial charge in [0, 0.05) is 25.6 Å². The first-order valence-corrected chi connectivity index (χ1v) is 10.9. The molecule has 0 heterocycles. The van der Waals surface area contributed by atoms with Gasteiger partial charge in [0.25, 0.3) is 0 Å². The van der Waals surface area contributed by atoms with Crippen LogP contribution in [0.3, 0.4) is 0 Å². The van der Waals surface area contributed by atoms with Crippen LogP contribution in [0.4, 0.5) is 0 Å². The number of guanidine groups is 1. The molecular weight excluding hydrogens is 485 g/mol. The lowest BCUT2D eigenvalue weighted by molar-refractivity contribution is 0.594. The maximum absolute atomic E-state index is 12.4. The zero-order chi connectivity index (χ0) is 19.7.